The number of hydrogen-bond acceptors (Lipinski definition) is 5. The molecular formula is C22H21ClN2O6. The van der Waals surface area contributed by atoms with Crippen molar-refractivity contribution >= 4 is 41.0 Å². The molecule has 0 aliphatic carbocycles. The molecule has 2 amide bonds. The topological polar surface area (TPSA) is 113 Å². The molecule has 1 aliphatic heterocycles. The summed E-state index contributed by atoms with van der Waals surface area (Å²) in [4.78, 5) is 49.2. The summed E-state index contributed by atoms with van der Waals surface area (Å²) >= 11 is 5.87. The summed E-state index contributed by atoms with van der Waals surface area (Å²) in [6.07, 6.45) is 0.0425. The lowest BCUT2D eigenvalue weighted by molar-refractivity contribution is -0.142. The number of carbonyl (C=O) groups excluding carboxylic acids is 3. The van der Waals surface area contributed by atoms with Crippen LogP contribution in [0.4, 0.5) is 5.69 Å². The van der Waals surface area contributed by atoms with E-state index in [-0.39, 0.29) is 25.3 Å². The Hall–Kier alpha value is -3.39. The first-order valence-electron chi connectivity index (χ1n) is 9.59. The van der Waals surface area contributed by atoms with Gasteiger partial charge in [-0.1, -0.05) is 23.7 Å². The average molecular weight is 445 g/mol. The van der Waals surface area contributed by atoms with Crippen molar-refractivity contribution in [2.24, 2.45) is 5.92 Å². The van der Waals surface area contributed by atoms with E-state index in [1.165, 1.54) is 11.8 Å². The Morgan fingerprint density at radius 2 is 1.81 bits per heavy atom. The van der Waals surface area contributed by atoms with Crippen molar-refractivity contribution in [3.63, 3.8) is 0 Å². The van der Waals surface area contributed by atoms with Gasteiger partial charge in [-0.25, -0.2) is 4.79 Å². The zero-order valence-electron chi connectivity index (χ0n) is 16.7. The fourth-order valence-electron chi connectivity index (χ4n) is 3.34. The van der Waals surface area contributed by atoms with Crippen LogP contribution in [0.3, 0.4) is 0 Å². The predicted molar refractivity (Wildman–Crippen MR) is 113 cm³/mol. The van der Waals surface area contributed by atoms with Gasteiger partial charge in [0, 0.05) is 37.0 Å². The van der Waals surface area contributed by atoms with Crippen LogP contribution in [-0.4, -0.2) is 41.4 Å². The van der Waals surface area contributed by atoms with E-state index in [4.69, 9.17) is 16.3 Å². The van der Waals surface area contributed by atoms with Crippen molar-refractivity contribution < 1.29 is 29.0 Å². The molecule has 0 bridgehead atoms. The molecule has 8 nitrogen and oxygen atoms in total. The highest BCUT2D eigenvalue weighted by Crippen LogP contribution is 2.26. The van der Waals surface area contributed by atoms with Crippen LogP contribution in [0.2, 0.25) is 5.02 Å². The van der Waals surface area contributed by atoms with E-state index in [1.807, 2.05) is 0 Å². The van der Waals surface area contributed by atoms with E-state index in [1.54, 1.807) is 48.5 Å². The molecule has 1 heterocycles. The summed E-state index contributed by atoms with van der Waals surface area (Å²) in [6, 6.07) is 11.9. The number of benzene rings is 2. The Morgan fingerprint density at radius 1 is 1.16 bits per heavy atom. The lowest BCUT2D eigenvalue weighted by Crippen LogP contribution is -2.45. The van der Waals surface area contributed by atoms with Gasteiger partial charge in [0.15, 0.2) is 0 Å². The summed E-state index contributed by atoms with van der Waals surface area (Å²) in [5.74, 6) is -2.65. The summed E-state index contributed by atoms with van der Waals surface area (Å²) in [5.41, 5.74) is 1.28. The van der Waals surface area contributed by atoms with Crippen molar-refractivity contribution in [3.05, 3.63) is 59.1 Å². The maximum absolute atomic E-state index is 12.7. The van der Waals surface area contributed by atoms with Crippen LogP contribution in [0, 0.1) is 5.92 Å². The van der Waals surface area contributed by atoms with Gasteiger partial charge in [0.25, 0.3) is 0 Å². The van der Waals surface area contributed by atoms with Gasteiger partial charge in [0.05, 0.1) is 5.92 Å². The largest absolute Gasteiger partial charge is 0.480 e. The third-order valence-corrected chi connectivity index (χ3v) is 5.13. The molecule has 2 atom stereocenters. The number of nitrogens with one attached hydrogen (secondary N) is 1. The molecular weight excluding hydrogens is 424 g/mol. The van der Waals surface area contributed by atoms with Gasteiger partial charge in [-0.15, -0.1) is 0 Å². The zero-order valence-corrected chi connectivity index (χ0v) is 17.5. The van der Waals surface area contributed by atoms with Crippen molar-refractivity contribution in [2.75, 3.05) is 11.4 Å². The smallest absolute Gasteiger partial charge is 0.326 e. The van der Waals surface area contributed by atoms with Crippen LogP contribution in [0.1, 0.15) is 18.9 Å². The van der Waals surface area contributed by atoms with Gasteiger partial charge in [-0.05, 0) is 42.0 Å². The quantitative estimate of drug-likeness (QED) is 0.501. The molecule has 2 N–H and O–H groups in total. The minimum absolute atomic E-state index is 0.00210. The third kappa shape index (κ3) is 5.82. The Kier molecular flexibility index (Phi) is 6.91. The van der Waals surface area contributed by atoms with E-state index in [9.17, 15) is 24.3 Å². The number of nitrogens with zero attached hydrogens (tertiary/aromatic N) is 1. The van der Waals surface area contributed by atoms with E-state index in [0.29, 0.717) is 22.0 Å². The first-order chi connectivity index (χ1) is 14.7. The zero-order chi connectivity index (χ0) is 22.5. The van der Waals surface area contributed by atoms with Crippen LogP contribution in [0.5, 0.6) is 5.75 Å². The number of carboxylic acid groups (broad SMARTS) is 1. The van der Waals surface area contributed by atoms with Crippen molar-refractivity contribution in [1.82, 2.24) is 5.32 Å². The number of anilines is 1. The summed E-state index contributed by atoms with van der Waals surface area (Å²) in [6.45, 7) is 1.45. The van der Waals surface area contributed by atoms with Crippen LogP contribution in [0.25, 0.3) is 0 Å². The van der Waals surface area contributed by atoms with Crippen molar-refractivity contribution in [1.29, 1.82) is 0 Å². The van der Waals surface area contributed by atoms with Gasteiger partial charge in [0.2, 0.25) is 11.8 Å². The van der Waals surface area contributed by atoms with Crippen molar-refractivity contribution in [2.45, 2.75) is 25.8 Å². The molecule has 9 heteroatoms. The Morgan fingerprint density at radius 3 is 2.39 bits per heavy atom. The first-order valence-corrected chi connectivity index (χ1v) is 9.97. The standard InChI is InChI=1S/C22H21ClN2O6/c1-13(26)31-18-8-2-14(3-9-18)10-19(22(29)30)24-21(28)15-11-20(27)25(12-15)17-6-4-16(23)5-7-17/h2-9,15,19H,10-12H2,1H3,(H,24,28)(H,29,30). The highest BCUT2D eigenvalue weighted by Gasteiger charge is 2.36. The highest BCUT2D eigenvalue weighted by molar-refractivity contribution is 6.30. The Balaban J connectivity index is 1.63. The number of amides is 2. The van der Waals surface area contributed by atoms with Crippen LogP contribution in [-0.2, 0) is 25.6 Å². The van der Waals surface area contributed by atoms with E-state index in [0.717, 1.165) is 0 Å². The SMILES string of the molecule is CC(=O)Oc1ccc(CC(NC(=O)C2CC(=O)N(c3ccc(Cl)cc3)C2)C(=O)O)cc1. The molecule has 0 aromatic heterocycles. The second kappa shape index (κ2) is 9.61. The van der Waals surface area contributed by atoms with Crippen LogP contribution in [0.15, 0.2) is 48.5 Å². The average Bonchev–Trinajstić information content (AvgIpc) is 3.10. The number of hydrogen-bond donors (Lipinski definition) is 2. The van der Waals surface area contributed by atoms with Crippen LogP contribution < -0.4 is 15.0 Å². The number of rotatable bonds is 7. The molecule has 1 aliphatic rings. The third-order valence-electron chi connectivity index (χ3n) is 4.87. The molecule has 0 saturated carbocycles. The molecule has 0 spiro atoms. The van der Waals surface area contributed by atoms with Gasteiger partial charge < -0.3 is 20.1 Å². The number of esters is 1. The molecule has 0 radical (unpaired) electrons. The monoisotopic (exact) mass is 444 g/mol. The van der Waals surface area contributed by atoms with Gasteiger partial charge in [-0.2, -0.15) is 0 Å². The molecule has 162 valence electrons. The summed E-state index contributed by atoms with van der Waals surface area (Å²) in [5, 5.41) is 12.6. The van der Waals surface area contributed by atoms with E-state index in [2.05, 4.69) is 5.32 Å². The number of carbonyl (C=O) groups is 4. The number of aliphatic carboxylic acids is 1. The number of ether oxygens (including phenoxy) is 1. The number of carboxylic acids is 1. The lowest BCUT2D eigenvalue weighted by Gasteiger charge is -2.19. The molecule has 2 aromatic carbocycles. The highest BCUT2D eigenvalue weighted by atomic mass is 35.5. The lowest BCUT2D eigenvalue weighted by atomic mass is 10.0. The Labute approximate surface area is 183 Å². The molecule has 1 saturated heterocycles. The van der Waals surface area contributed by atoms with Gasteiger partial charge >= 0.3 is 11.9 Å². The predicted octanol–water partition coefficient (Wildman–Crippen LogP) is 2.43. The fraction of sp³-hybridized carbons (Fsp3) is 0.273. The molecule has 31 heavy (non-hydrogen) atoms. The second-order valence-electron chi connectivity index (χ2n) is 7.22. The minimum atomic E-state index is -1.18. The maximum atomic E-state index is 12.7. The van der Waals surface area contributed by atoms with Crippen LogP contribution >= 0.6 is 11.6 Å². The maximum Gasteiger partial charge on any atom is 0.326 e. The number of halogens is 1. The van der Waals surface area contributed by atoms with Gasteiger partial charge in [0.1, 0.15) is 11.8 Å². The minimum Gasteiger partial charge on any atom is -0.480 e. The molecule has 2 aromatic rings. The molecule has 2 unspecified atom stereocenters. The summed E-state index contributed by atoms with van der Waals surface area (Å²) < 4.78 is 4.95. The second-order valence-corrected chi connectivity index (χ2v) is 7.66. The Bertz CT molecular complexity index is 990. The van der Waals surface area contributed by atoms with E-state index < -0.39 is 29.8 Å². The summed E-state index contributed by atoms with van der Waals surface area (Å²) in [7, 11) is 0. The van der Waals surface area contributed by atoms with Crippen molar-refractivity contribution in [3.8, 4) is 5.75 Å². The molecule has 3 rings (SSSR count). The molecule has 1 fully saturated rings. The fourth-order valence-corrected chi connectivity index (χ4v) is 3.46. The first kappa shape index (κ1) is 22.3. The van der Waals surface area contributed by atoms with E-state index >= 15 is 0 Å². The normalized spacial score (nSPS) is 16.6. The van der Waals surface area contributed by atoms with Gasteiger partial charge in [-0.3, -0.25) is 14.4 Å².